The van der Waals surface area contributed by atoms with E-state index in [0.29, 0.717) is 11.3 Å². The molecule has 4 heteroatoms. The highest BCUT2D eigenvalue weighted by atomic mass is 16.4. The van der Waals surface area contributed by atoms with Gasteiger partial charge in [0.2, 0.25) is 0 Å². The molecule has 4 nitrogen and oxygen atoms in total. The van der Waals surface area contributed by atoms with Gasteiger partial charge >= 0.3 is 5.97 Å². The standard InChI is InChI=1S/C10H13NO3/c1-6-4-5-7(10(13)14)8(9(6)12)11(2)3/h4-5,12H,1-3H3,(H,13,14). The Kier molecular flexibility index (Phi) is 2.65. The summed E-state index contributed by atoms with van der Waals surface area (Å²) >= 11 is 0. The van der Waals surface area contributed by atoms with Crippen molar-refractivity contribution in [3.63, 3.8) is 0 Å². The summed E-state index contributed by atoms with van der Waals surface area (Å²) in [6.07, 6.45) is 0. The number of anilines is 1. The average molecular weight is 195 g/mol. The first kappa shape index (κ1) is 10.4. The minimum Gasteiger partial charge on any atom is -0.505 e. The number of carboxylic acids is 1. The van der Waals surface area contributed by atoms with E-state index in [-0.39, 0.29) is 11.3 Å². The third-order valence-electron chi connectivity index (χ3n) is 2.03. The summed E-state index contributed by atoms with van der Waals surface area (Å²) < 4.78 is 0. The Balaban J connectivity index is 3.45. The lowest BCUT2D eigenvalue weighted by atomic mass is 10.1. The van der Waals surface area contributed by atoms with E-state index in [1.165, 1.54) is 6.07 Å². The number of hydrogen-bond donors (Lipinski definition) is 2. The molecule has 1 rings (SSSR count). The van der Waals surface area contributed by atoms with Gasteiger partial charge in [-0.15, -0.1) is 0 Å². The van der Waals surface area contributed by atoms with Gasteiger partial charge in [-0.1, -0.05) is 6.07 Å². The van der Waals surface area contributed by atoms with E-state index in [2.05, 4.69) is 0 Å². The first-order valence-electron chi connectivity index (χ1n) is 4.18. The number of aromatic carboxylic acids is 1. The first-order valence-corrected chi connectivity index (χ1v) is 4.18. The Morgan fingerprint density at radius 2 is 1.93 bits per heavy atom. The molecule has 1 aromatic carbocycles. The van der Waals surface area contributed by atoms with E-state index in [0.717, 1.165) is 0 Å². The molecule has 0 spiro atoms. The molecule has 0 aliphatic carbocycles. The number of aryl methyl sites for hydroxylation is 1. The number of phenolic OH excluding ortho intramolecular Hbond substituents is 1. The number of rotatable bonds is 2. The molecule has 1 aromatic rings. The molecular weight excluding hydrogens is 182 g/mol. The highest BCUT2D eigenvalue weighted by Crippen LogP contribution is 2.32. The van der Waals surface area contributed by atoms with Gasteiger partial charge in [0.1, 0.15) is 5.75 Å². The van der Waals surface area contributed by atoms with Gasteiger partial charge in [-0.25, -0.2) is 4.79 Å². The lowest BCUT2D eigenvalue weighted by Crippen LogP contribution is -2.14. The summed E-state index contributed by atoms with van der Waals surface area (Å²) in [5.74, 6) is -1.01. The van der Waals surface area contributed by atoms with Crippen molar-refractivity contribution in [2.24, 2.45) is 0 Å². The van der Waals surface area contributed by atoms with Crippen LogP contribution in [0.4, 0.5) is 5.69 Å². The van der Waals surface area contributed by atoms with Crippen molar-refractivity contribution in [2.45, 2.75) is 6.92 Å². The van der Waals surface area contributed by atoms with Crippen LogP contribution in [0.1, 0.15) is 15.9 Å². The van der Waals surface area contributed by atoms with Crippen LogP contribution in [0, 0.1) is 6.92 Å². The molecule has 0 aliphatic heterocycles. The van der Waals surface area contributed by atoms with Crippen molar-refractivity contribution in [3.8, 4) is 5.75 Å². The maximum absolute atomic E-state index is 10.9. The van der Waals surface area contributed by atoms with Crippen molar-refractivity contribution in [1.29, 1.82) is 0 Å². The quantitative estimate of drug-likeness (QED) is 0.750. The molecule has 0 atom stereocenters. The molecule has 0 aromatic heterocycles. The summed E-state index contributed by atoms with van der Waals surface area (Å²) in [5.41, 5.74) is 1.12. The Morgan fingerprint density at radius 1 is 1.36 bits per heavy atom. The molecule has 0 fully saturated rings. The van der Waals surface area contributed by atoms with Crippen molar-refractivity contribution < 1.29 is 15.0 Å². The van der Waals surface area contributed by atoms with Crippen molar-refractivity contribution in [1.82, 2.24) is 0 Å². The molecule has 14 heavy (non-hydrogen) atoms. The van der Waals surface area contributed by atoms with Gasteiger partial charge < -0.3 is 15.1 Å². The van der Waals surface area contributed by atoms with E-state index >= 15 is 0 Å². The maximum Gasteiger partial charge on any atom is 0.337 e. The minimum absolute atomic E-state index is 0.0231. The van der Waals surface area contributed by atoms with E-state index in [1.807, 2.05) is 0 Å². The molecule has 0 saturated heterocycles. The van der Waals surface area contributed by atoms with Crippen molar-refractivity contribution in [2.75, 3.05) is 19.0 Å². The topological polar surface area (TPSA) is 60.8 Å². The normalized spacial score (nSPS) is 9.93. The molecule has 0 saturated carbocycles. The number of nitrogens with zero attached hydrogens (tertiary/aromatic N) is 1. The molecule has 0 unspecified atom stereocenters. The second-order valence-electron chi connectivity index (χ2n) is 3.33. The van der Waals surface area contributed by atoms with Crippen LogP contribution < -0.4 is 4.90 Å². The molecular formula is C10H13NO3. The van der Waals surface area contributed by atoms with Gasteiger partial charge in [0.25, 0.3) is 0 Å². The van der Waals surface area contributed by atoms with Crippen LogP contribution in [0.5, 0.6) is 5.75 Å². The minimum atomic E-state index is -1.04. The van der Waals surface area contributed by atoms with Gasteiger partial charge in [0, 0.05) is 14.1 Å². The second kappa shape index (κ2) is 3.57. The predicted molar refractivity (Wildman–Crippen MR) is 54.1 cm³/mol. The Labute approximate surface area is 82.4 Å². The van der Waals surface area contributed by atoms with Gasteiger partial charge in [-0.05, 0) is 18.6 Å². The SMILES string of the molecule is Cc1ccc(C(=O)O)c(N(C)C)c1O. The fraction of sp³-hybridized carbons (Fsp3) is 0.300. The van der Waals surface area contributed by atoms with Gasteiger partial charge in [-0.3, -0.25) is 0 Å². The van der Waals surface area contributed by atoms with E-state index in [9.17, 15) is 9.90 Å². The second-order valence-corrected chi connectivity index (χ2v) is 3.33. The van der Waals surface area contributed by atoms with Crippen molar-refractivity contribution in [3.05, 3.63) is 23.3 Å². The summed E-state index contributed by atoms with van der Waals surface area (Å²) in [7, 11) is 3.39. The van der Waals surface area contributed by atoms with Crippen LogP contribution in [-0.2, 0) is 0 Å². The fourth-order valence-electron chi connectivity index (χ4n) is 1.31. The van der Waals surface area contributed by atoms with Crippen molar-refractivity contribution >= 4 is 11.7 Å². The predicted octanol–water partition coefficient (Wildman–Crippen LogP) is 1.46. The number of carbonyl (C=O) groups is 1. The fourth-order valence-corrected chi connectivity index (χ4v) is 1.31. The summed E-state index contributed by atoms with van der Waals surface area (Å²) in [5, 5.41) is 18.6. The van der Waals surface area contributed by atoms with Crippen LogP contribution in [0.25, 0.3) is 0 Å². The summed E-state index contributed by atoms with van der Waals surface area (Å²) in [6.45, 7) is 1.73. The highest BCUT2D eigenvalue weighted by molar-refractivity contribution is 5.96. The monoisotopic (exact) mass is 195 g/mol. The largest absolute Gasteiger partial charge is 0.505 e. The summed E-state index contributed by atoms with van der Waals surface area (Å²) in [4.78, 5) is 12.4. The zero-order chi connectivity index (χ0) is 10.9. The first-order chi connectivity index (χ1) is 6.45. The molecule has 0 aliphatic rings. The zero-order valence-corrected chi connectivity index (χ0v) is 8.40. The third-order valence-corrected chi connectivity index (χ3v) is 2.03. The number of hydrogen-bond acceptors (Lipinski definition) is 3. The Hall–Kier alpha value is -1.71. The molecule has 0 amide bonds. The van der Waals surface area contributed by atoms with E-state index in [4.69, 9.17) is 5.11 Å². The lowest BCUT2D eigenvalue weighted by molar-refractivity contribution is 0.0697. The van der Waals surface area contributed by atoms with E-state index < -0.39 is 5.97 Å². The third kappa shape index (κ3) is 1.64. The number of carboxylic acid groups (broad SMARTS) is 1. The number of benzene rings is 1. The highest BCUT2D eigenvalue weighted by Gasteiger charge is 2.16. The Bertz CT molecular complexity index is 372. The Morgan fingerprint density at radius 3 is 2.36 bits per heavy atom. The smallest absolute Gasteiger partial charge is 0.337 e. The molecule has 0 bridgehead atoms. The lowest BCUT2D eigenvalue weighted by Gasteiger charge is -2.18. The van der Waals surface area contributed by atoms with Gasteiger partial charge in [0.15, 0.2) is 0 Å². The zero-order valence-electron chi connectivity index (χ0n) is 8.40. The van der Waals surface area contributed by atoms with Crippen LogP contribution >= 0.6 is 0 Å². The average Bonchev–Trinajstić information content (AvgIpc) is 2.08. The van der Waals surface area contributed by atoms with Gasteiger partial charge in [0.05, 0.1) is 11.3 Å². The molecule has 2 N–H and O–H groups in total. The molecule has 0 heterocycles. The number of phenols is 1. The van der Waals surface area contributed by atoms with Crippen LogP contribution in [0.2, 0.25) is 0 Å². The van der Waals surface area contributed by atoms with E-state index in [1.54, 1.807) is 32.0 Å². The maximum atomic E-state index is 10.9. The number of aromatic hydroxyl groups is 1. The molecule has 0 radical (unpaired) electrons. The van der Waals surface area contributed by atoms with Crippen LogP contribution in [-0.4, -0.2) is 30.3 Å². The van der Waals surface area contributed by atoms with Gasteiger partial charge in [-0.2, -0.15) is 0 Å². The summed E-state index contributed by atoms with van der Waals surface area (Å²) in [6, 6.07) is 3.08. The molecule has 76 valence electrons. The van der Waals surface area contributed by atoms with Crippen LogP contribution in [0.3, 0.4) is 0 Å². The van der Waals surface area contributed by atoms with Crippen LogP contribution in [0.15, 0.2) is 12.1 Å².